The first-order valence-electron chi connectivity index (χ1n) is 11.3. The molecule has 7 heteroatoms. The second kappa shape index (κ2) is 7.78. The number of amides is 3. The first-order chi connectivity index (χ1) is 14.6. The van der Waals surface area contributed by atoms with Crippen LogP contribution in [-0.4, -0.2) is 46.8 Å². The van der Waals surface area contributed by atoms with Gasteiger partial charge in [0.1, 0.15) is 6.04 Å². The average Bonchev–Trinajstić information content (AvgIpc) is 3.28. The van der Waals surface area contributed by atoms with Crippen LogP contribution in [-0.2, 0) is 22.7 Å². The van der Waals surface area contributed by atoms with Gasteiger partial charge < -0.3 is 15.5 Å². The summed E-state index contributed by atoms with van der Waals surface area (Å²) in [6.07, 6.45) is 8.13. The molecule has 3 N–H and O–H groups in total. The molecule has 1 spiro atoms. The van der Waals surface area contributed by atoms with Crippen LogP contribution in [0.5, 0.6) is 0 Å². The van der Waals surface area contributed by atoms with Crippen LogP contribution in [0.2, 0.25) is 0 Å². The number of carbonyl (C=O) groups excluding carboxylic acids is 3. The quantitative estimate of drug-likeness (QED) is 0.656. The minimum atomic E-state index is -0.562. The Morgan fingerprint density at radius 1 is 1.10 bits per heavy atom. The first-order valence-corrected chi connectivity index (χ1v) is 11.3. The third kappa shape index (κ3) is 3.34. The second-order valence-corrected chi connectivity index (χ2v) is 9.22. The Balaban J connectivity index is 1.31. The van der Waals surface area contributed by atoms with Gasteiger partial charge in [0, 0.05) is 36.7 Å². The number of benzene rings is 1. The molecule has 2 atom stereocenters. The smallest absolute Gasteiger partial charge is 0.255 e. The topological polar surface area (TPSA) is 90.5 Å². The summed E-state index contributed by atoms with van der Waals surface area (Å²) in [5, 5.41) is 9.90. The summed E-state index contributed by atoms with van der Waals surface area (Å²) in [7, 11) is 0. The average molecular weight is 411 g/mol. The third-order valence-corrected chi connectivity index (χ3v) is 7.50. The molecule has 3 aliphatic heterocycles. The normalized spacial score (nSPS) is 28.1. The highest BCUT2D eigenvalue weighted by molar-refractivity contribution is 6.05. The molecule has 3 heterocycles. The number of hydrogen-bond donors (Lipinski definition) is 3. The number of imide groups is 1. The van der Waals surface area contributed by atoms with E-state index in [0.29, 0.717) is 25.6 Å². The molecule has 2 unspecified atom stereocenters. The molecule has 0 radical (unpaired) electrons. The summed E-state index contributed by atoms with van der Waals surface area (Å²) in [5.41, 5.74) is 2.92. The van der Waals surface area contributed by atoms with Crippen LogP contribution in [0.15, 0.2) is 18.2 Å². The van der Waals surface area contributed by atoms with Gasteiger partial charge in [-0.1, -0.05) is 37.5 Å². The van der Waals surface area contributed by atoms with Crippen LogP contribution in [0.25, 0.3) is 0 Å². The number of carbonyl (C=O) groups is 3. The van der Waals surface area contributed by atoms with E-state index in [1.54, 1.807) is 4.90 Å². The van der Waals surface area contributed by atoms with E-state index >= 15 is 0 Å². The van der Waals surface area contributed by atoms with Crippen LogP contribution in [0.4, 0.5) is 0 Å². The van der Waals surface area contributed by atoms with E-state index in [0.717, 1.165) is 29.7 Å². The van der Waals surface area contributed by atoms with E-state index in [1.807, 2.05) is 18.2 Å². The Morgan fingerprint density at radius 3 is 2.73 bits per heavy atom. The van der Waals surface area contributed by atoms with Crippen LogP contribution in [0, 0.1) is 0 Å². The van der Waals surface area contributed by atoms with Crippen LogP contribution >= 0.6 is 0 Å². The fourth-order valence-electron chi connectivity index (χ4n) is 5.94. The number of rotatable bonds is 4. The summed E-state index contributed by atoms with van der Waals surface area (Å²) >= 11 is 0. The van der Waals surface area contributed by atoms with Crippen molar-refractivity contribution in [3.63, 3.8) is 0 Å². The lowest BCUT2D eigenvalue weighted by atomic mass is 9.77. The van der Waals surface area contributed by atoms with E-state index in [1.165, 1.54) is 32.1 Å². The van der Waals surface area contributed by atoms with Crippen molar-refractivity contribution in [3.8, 4) is 0 Å². The molecule has 1 aromatic carbocycles. The highest BCUT2D eigenvalue weighted by Crippen LogP contribution is 2.36. The predicted molar refractivity (Wildman–Crippen MR) is 112 cm³/mol. The monoisotopic (exact) mass is 410 g/mol. The summed E-state index contributed by atoms with van der Waals surface area (Å²) in [4.78, 5) is 38.7. The van der Waals surface area contributed by atoms with Crippen LogP contribution < -0.4 is 16.0 Å². The molecule has 4 aliphatic rings. The highest BCUT2D eigenvalue weighted by Gasteiger charge is 2.43. The molecule has 160 valence electrons. The summed E-state index contributed by atoms with van der Waals surface area (Å²) < 4.78 is 0. The minimum absolute atomic E-state index is 0.0891. The molecule has 3 fully saturated rings. The fraction of sp³-hybridized carbons (Fsp3) is 0.609. The first kappa shape index (κ1) is 19.7. The lowest BCUT2D eigenvalue weighted by molar-refractivity contribution is -0.136. The van der Waals surface area contributed by atoms with Gasteiger partial charge in [0.15, 0.2) is 0 Å². The molecular weight excluding hydrogens is 380 g/mol. The SMILES string of the molecule is O=C1CCC(N2Cc3cccc(CNC4CCNC45CCCCC5)c3C2=O)C(=O)N1. The van der Waals surface area contributed by atoms with Gasteiger partial charge in [0.05, 0.1) is 0 Å². The van der Waals surface area contributed by atoms with Crippen molar-refractivity contribution in [2.24, 2.45) is 0 Å². The lowest BCUT2D eigenvalue weighted by Gasteiger charge is -2.39. The van der Waals surface area contributed by atoms with E-state index in [4.69, 9.17) is 0 Å². The maximum Gasteiger partial charge on any atom is 0.255 e. The molecule has 3 amide bonds. The number of fused-ring (bicyclic) bond motifs is 1. The molecule has 1 saturated carbocycles. The fourth-order valence-corrected chi connectivity index (χ4v) is 5.94. The zero-order chi connectivity index (χ0) is 20.7. The number of nitrogens with zero attached hydrogens (tertiary/aromatic N) is 1. The van der Waals surface area contributed by atoms with Gasteiger partial charge >= 0.3 is 0 Å². The van der Waals surface area contributed by atoms with E-state index in [9.17, 15) is 14.4 Å². The lowest BCUT2D eigenvalue weighted by Crippen LogP contribution is -2.54. The molecule has 5 rings (SSSR count). The summed E-state index contributed by atoms with van der Waals surface area (Å²) in [5.74, 6) is -0.704. The third-order valence-electron chi connectivity index (χ3n) is 7.50. The standard InChI is InChI=1S/C23H30N4O3/c28-19-8-7-17(21(29)26-19)27-14-16-6-4-5-15(20(16)22(27)30)13-24-18-9-12-25-23(18)10-2-1-3-11-23/h4-6,17-18,24-25H,1-3,7-14H2,(H,26,28,29). The van der Waals surface area contributed by atoms with Crippen molar-refractivity contribution in [2.45, 2.75) is 82.1 Å². The molecule has 1 aliphatic carbocycles. The molecule has 7 nitrogen and oxygen atoms in total. The van der Waals surface area contributed by atoms with Crippen molar-refractivity contribution in [1.82, 2.24) is 20.9 Å². The van der Waals surface area contributed by atoms with Gasteiger partial charge in [-0.25, -0.2) is 0 Å². The summed E-state index contributed by atoms with van der Waals surface area (Å²) in [6, 6.07) is 5.86. The van der Waals surface area contributed by atoms with Gasteiger partial charge in [-0.2, -0.15) is 0 Å². The molecule has 30 heavy (non-hydrogen) atoms. The number of hydrogen-bond acceptors (Lipinski definition) is 5. The molecule has 1 aromatic rings. The molecule has 2 saturated heterocycles. The zero-order valence-corrected chi connectivity index (χ0v) is 17.3. The Morgan fingerprint density at radius 2 is 1.93 bits per heavy atom. The maximum atomic E-state index is 13.3. The predicted octanol–water partition coefficient (Wildman–Crippen LogP) is 1.60. The maximum absolute atomic E-state index is 13.3. The van der Waals surface area contributed by atoms with E-state index < -0.39 is 6.04 Å². The van der Waals surface area contributed by atoms with Gasteiger partial charge in [-0.15, -0.1) is 0 Å². The van der Waals surface area contributed by atoms with Crippen molar-refractivity contribution in [2.75, 3.05) is 6.54 Å². The summed E-state index contributed by atoms with van der Waals surface area (Å²) in [6.45, 7) is 2.14. The van der Waals surface area contributed by atoms with Crippen molar-refractivity contribution in [3.05, 3.63) is 34.9 Å². The van der Waals surface area contributed by atoms with Crippen molar-refractivity contribution >= 4 is 17.7 Å². The zero-order valence-electron chi connectivity index (χ0n) is 17.3. The highest BCUT2D eigenvalue weighted by atomic mass is 16.2. The number of nitrogens with one attached hydrogen (secondary N) is 3. The van der Waals surface area contributed by atoms with Crippen LogP contribution in [0.1, 0.15) is 72.9 Å². The number of piperidine rings is 1. The van der Waals surface area contributed by atoms with E-state index in [2.05, 4.69) is 16.0 Å². The molecule has 0 aromatic heterocycles. The Labute approximate surface area is 177 Å². The van der Waals surface area contributed by atoms with Gasteiger partial charge in [-0.05, 0) is 43.4 Å². The largest absolute Gasteiger partial charge is 0.322 e. The van der Waals surface area contributed by atoms with Gasteiger partial charge in [0.2, 0.25) is 11.8 Å². The van der Waals surface area contributed by atoms with Gasteiger partial charge in [-0.3, -0.25) is 19.7 Å². The second-order valence-electron chi connectivity index (χ2n) is 9.22. The minimum Gasteiger partial charge on any atom is -0.322 e. The Hall–Kier alpha value is -2.25. The molecular formula is C23H30N4O3. The van der Waals surface area contributed by atoms with E-state index in [-0.39, 0.29) is 29.7 Å². The van der Waals surface area contributed by atoms with Crippen molar-refractivity contribution < 1.29 is 14.4 Å². The van der Waals surface area contributed by atoms with Crippen molar-refractivity contribution in [1.29, 1.82) is 0 Å². The Kier molecular flexibility index (Phi) is 5.11. The Bertz CT molecular complexity index is 877. The van der Waals surface area contributed by atoms with Crippen LogP contribution in [0.3, 0.4) is 0 Å². The van der Waals surface area contributed by atoms with Gasteiger partial charge in [0.25, 0.3) is 5.91 Å². The molecule has 0 bridgehead atoms.